The number of likely N-dealkylation sites (N-methyl/N-ethyl adjacent to an activating group) is 1. The Kier molecular flexibility index (Phi) is 6.14. The standard InChI is InChI=1S/C21H27NO5/c1-22(12-16-6-3-4-9-18(16)26-2)19(23)13-27-21(25)17-10-14-7-5-8-15(11-17)20(14)24/h3-4,6,9,14-15,17H,5,7-8,10-13H2,1-2H3/t14-,15+,17?. The molecule has 0 radical (unpaired) electrons. The van der Waals surface area contributed by atoms with Crippen LogP contribution >= 0.6 is 0 Å². The second kappa shape index (κ2) is 8.55. The lowest BCUT2D eigenvalue weighted by Gasteiger charge is -2.36. The van der Waals surface area contributed by atoms with E-state index in [4.69, 9.17) is 9.47 Å². The Bertz CT molecular complexity index is 700. The van der Waals surface area contributed by atoms with Gasteiger partial charge in [-0.05, 0) is 31.7 Å². The third-order valence-electron chi connectivity index (χ3n) is 5.75. The fraction of sp³-hybridized carbons (Fsp3) is 0.571. The number of benzene rings is 1. The molecule has 0 heterocycles. The van der Waals surface area contributed by atoms with Crippen LogP contribution in [0.2, 0.25) is 0 Å². The molecular formula is C21H27NO5. The van der Waals surface area contributed by atoms with Gasteiger partial charge in [-0.1, -0.05) is 24.6 Å². The van der Waals surface area contributed by atoms with Crippen LogP contribution in [0.15, 0.2) is 24.3 Å². The Hall–Kier alpha value is -2.37. The van der Waals surface area contributed by atoms with Gasteiger partial charge >= 0.3 is 5.97 Å². The molecule has 2 bridgehead atoms. The van der Waals surface area contributed by atoms with Gasteiger partial charge in [-0.15, -0.1) is 0 Å². The van der Waals surface area contributed by atoms with Gasteiger partial charge in [-0.2, -0.15) is 0 Å². The first-order valence-electron chi connectivity index (χ1n) is 9.55. The largest absolute Gasteiger partial charge is 0.496 e. The predicted molar refractivity (Wildman–Crippen MR) is 99.0 cm³/mol. The summed E-state index contributed by atoms with van der Waals surface area (Å²) >= 11 is 0. The van der Waals surface area contributed by atoms with Crippen molar-refractivity contribution in [1.29, 1.82) is 0 Å². The summed E-state index contributed by atoms with van der Waals surface area (Å²) in [6.45, 7) is 0.104. The number of ketones is 1. The first-order valence-corrected chi connectivity index (χ1v) is 9.55. The number of carbonyl (C=O) groups excluding carboxylic acids is 3. The van der Waals surface area contributed by atoms with Crippen LogP contribution in [0.5, 0.6) is 5.75 Å². The van der Waals surface area contributed by atoms with Crippen molar-refractivity contribution in [2.75, 3.05) is 20.8 Å². The SMILES string of the molecule is COc1ccccc1CN(C)C(=O)COC(=O)C1C[C@H]2CCC[C@@H](C1)C2=O. The van der Waals surface area contributed by atoms with Gasteiger partial charge in [-0.3, -0.25) is 14.4 Å². The lowest BCUT2D eigenvalue weighted by atomic mass is 9.67. The Labute approximate surface area is 159 Å². The van der Waals surface area contributed by atoms with Crippen LogP contribution in [-0.4, -0.2) is 43.3 Å². The first-order chi connectivity index (χ1) is 13.0. The average molecular weight is 373 g/mol. The third-order valence-corrected chi connectivity index (χ3v) is 5.75. The molecular weight excluding hydrogens is 346 g/mol. The molecule has 2 aliphatic carbocycles. The number of esters is 1. The van der Waals surface area contributed by atoms with E-state index in [0.717, 1.165) is 24.8 Å². The molecule has 0 aromatic heterocycles. The molecule has 1 unspecified atom stereocenters. The maximum absolute atomic E-state index is 12.4. The van der Waals surface area contributed by atoms with Crippen LogP contribution in [-0.2, 0) is 25.7 Å². The zero-order valence-electron chi connectivity index (χ0n) is 16.0. The number of Topliss-reactive ketones (excluding diaryl/α,β-unsaturated/α-hetero) is 1. The molecule has 6 heteroatoms. The lowest BCUT2D eigenvalue weighted by molar-refractivity contribution is -0.158. The van der Waals surface area contributed by atoms with Crippen molar-refractivity contribution in [2.45, 2.75) is 38.6 Å². The molecule has 2 fully saturated rings. The molecule has 0 N–H and O–H groups in total. The summed E-state index contributed by atoms with van der Waals surface area (Å²) in [6, 6.07) is 7.50. The van der Waals surface area contributed by atoms with Gasteiger partial charge in [0.15, 0.2) is 6.61 Å². The summed E-state index contributed by atoms with van der Waals surface area (Å²) in [4.78, 5) is 38.4. The zero-order chi connectivity index (χ0) is 19.4. The maximum Gasteiger partial charge on any atom is 0.309 e. The van der Waals surface area contributed by atoms with Crippen molar-refractivity contribution >= 4 is 17.7 Å². The fourth-order valence-electron chi connectivity index (χ4n) is 4.21. The Morgan fingerprint density at radius 3 is 2.48 bits per heavy atom. The molecule has 27 heavy (non-hydrogen) atoms. The minimum absolute atomic E-state index is 0.000953. The highest BCUT2D eigenvalue weighted by Crippen LogP contribution is 2.40. The van der Waals surface area contributed by atoms with E-state index < -0.39 is 0 Å². The number of ether oxygens (including phenoxy) is 2. The van der Waals surface area contributed by atoms with Gasteiger partial charge in [0.25, 0.3) is 5.91 Å². The molecule has 1 aromatic rings. The van der Waals surface area contributed by atoms with Crippen molar-refractivity contribution in [3.8, 4) is 5.75 Å². The van der Waals surface area contributed by atoms with E-state index in [1.54, 1.807) is 14.2 Å². The molecule has 1 aromatic carbocycles. The number of hydrogen-bond donors (Lipinski definition) is 0. The van der Waals surface area contributed by atoms with Crippen LogP contribution < -0.4 is 4.74 Å². The van der Waals surface area contributed by atoms with Crippen LogP contribution in [0.4, 0.5) is 0 Å². The highest BCUT2D eigenvalue weighted by molar-refractivity contribution is 5.88. The van der Waals surface area contributed by atoms with Crippen LogP contribution in [0, 0.1) is 17.8 Å². The second-order valence-corrected chi connectivity index (χ2v) is 7.56. The van der Waals surface area contributed by atoms with Crippen LogP contribution in [0.3, 0.4) is 0 Å². The molecule has 3 atom stereocenters. The molecule has 2 saturated carbocycles. The van der Waals surface area contributed by atoms with E-state index in [-0.39, 0.29) is 36.2 Å². The van der Waals surface area contributed by atoms with Gasteiger partial charge in [0.2, 0.25) is 0 Å². The van der Waals surface area contributed by atoms with E-state index in [2.05, 4.69) is 0 Å². The molecule has 0 saturated heterocycles. The number of para-hydroxylation sites is 1. The van der Waals surface area contributed by atoms with E-state index in [0.29, 0.717) is 30.9 Å². The highest BCUT2D eigenvalue weighted by Gasteiger charge is 2.41. The lowest BCUT2D eigenvalue weighted by Crippen LogP contribution is -2.40. The summed E-state index contributed by atoms with van der Waals surface area (Å²) in [6.07, 6.45) is 3.95. The quantitative estimate of drug-likeness (QED) is 0.717. The number of hydrogen-bond acceptors (Lipinski definition) is 5. The third kappa shape index (κ3) is 4.49. The minimum Gasteiger partial charge on any atom is -0.496 e. The summed E-state index contributed by atoms with van der Waals surface area (Å²) in [5.74, 6) is 0.161. The van der Waals surface area contributed by atoms with Crippen molar-refractivity contribution < 1.29 is 23.9 Å². The Balaban J connectivity index is 1.49. The first kappa shape index (κ1) is 19.4. The zero-order valence-corrected chi connectivity index (χ0v) is 16.0. The molecule has 3 rings (SSSR count). The summed E-state index contributed by atoms with van der Waals surface area (Å²) in [5.41, 5.74) is 0.890. The molecule has 2 aliphatic rings. The topological polar surface area (TPSA) is 72.9 Å². The predicted octanol–water partition coefficient (Wildman–Crippen LogP) is 2.59. The highest BCUT2D eigenvalue weighted by atomic mass is 16.5. The minimum atomic E-state index is -0.349. The smallest absolute Gasteiger partial charge is 0.309 e. The summed E-state index contributed by atoms with van der Waals surface area (Å²) < 4.78 is 10.6. The second-order valence-electron chi connectivity index (χ2n) is 7.56. The van der Waals surface area contributed by atoms with Crippen molar-refractivity contribution in [3.05, 3.63) is 29.8 Å². The molecule has 146 valence electrons. The number of amides is 1. The normalized spacial score (nSPS) is 24.2. The van der Waals surface area contributed by atoms with Crippen molar-refractivity contribution in [2.24, 2.45) is 17.8 Å². The van der Waals surface area contributed by atoms with Gasteiger partial charge in [-0.25, -0.2) is 0 Å². The monoisotopic (exact) mass is 373 g/mol. The van der Waals surface area contributed by atoms with Crippen LogP contribution in [0.1, 0.15) is 37.7 Å². The molecule has 0 aliphatic heterocycles. The van der Waals surface area contributed by atoms with Crippen molar-refractivity contribution in [1.82, 2.24) is 4.90 Å². The number of carbonyl (C=O) groups is 3. The van der Waals surface area contributed by atoms with Gasteiger partial charge in [0.1, 0.15) is 11.5 Å². The number of rotatable bonds is 6. The number of methoxy groups -OCH3 is 1. The molecule has 0 spiro atoms. The van der Waals surface area contributed by atoms with Gasteiger partial charge < -0.3 is 14.4 Å². The maximum atomic E-state index is 12.4. The Morgan fingerprint density at radius 2 is 1.81 bits per heavy atom. The molecule has 1 amide bonds. The number of nitrogens with zero attached hydrogens (tertiary/aromatic N) is 1. The van der Waals surface area contributed by atoms with Crippen LogP contribution in [0.25, 0.3) is 0 Å². The fourth-order valence-corrected chi connectivity index (χ4v) is 4.21. The van der Waals surface area contributed by atoms with Crippen molar-refractivity contribution in [3.63, 3.8) is 0 Å². The Morgan fingerprint density at radius 1 is 1.15 bits per heavy atom. The van der Waals surface area contributed by atoms with E-state index in [1.165, 1.54) is 4.90 Å². The van der Waals surface area contributed by atoms with E-state index in [9.17, 15) is 14.4 Å². The average Bonchev–Trinajstić information content (AvgIpc) is 2.66. The van der Waals surface area contributed by atoms with E-state index >= 15 is 0 Å². The summed E-state index contributed by atoms with van der Waals surface area (Å²) in [7, 11) is 3.26. The van der Waals surface area contributed by atoms with Gasteiger partial charge in [0.05, 0.1) is 13.0 Å². The summed E-state index contributed by atoms with van der Waals surface area (Å²) in [5, 5.41) is 0. The van der Waals surface area contributed by atoms with E-state index in [1.807, 2.05) is 24.3 Å². The number of fused-ring (bicyclic) bond motifs is 2. The molecule has 6 nitrogen and oxygen atoms in total. The van der Waals surface area contributed by atoms with Gasteiger partial charge in [0, 0.05) is 31.0 Å².